The molecule has 1 heterocycles. The highest BCUT2D eigenvalue weighted by molar-refractivity contribution is 5.83. The maximum atomic E-state index is 12.7. The molecule has 1 saturated carbocycles. The van der Waals surface area contributed by atoms with E-state index < -0.39 is 0 Å². The van der Waals surface area contributed by atoms with Crippen LogP contribution in [0.15, 0.2) is 30.3 Å². The lowest BCUT2D eigenvalue weighted by atomic mass is 9.76. The topological polar surface area (TPSA) is 49.4 Å². The largest absolute Gasteiger partial charge is 0.354 e. The molecule has 2 aliphatic rings. The molecule has 0 radical (unpaired) electrons. The van der Waals surface area contributed by atoms with Crippen molar-refractivity contribution in [1.29, 1.82) is 0 Å². The number of nitrogens with one attached hydrogen (secondary N) is 1. The highest BCUT2D eigenvalue weighted by atomic mass is 16.2. The van der Waals surface area contributed by atoms with Crippen LogP contribution in [0, 0.1) is 11.3 Å². The lowest BCUT2D eigenvalue weighted by molar-refractivity contribution is -0.130. The maximum absolute atomic E-state index is 12.7. The maximum Gasteiger partial charge on any atom is 0.225 e. The average Bonchev–Trinajstić information content (AvgIpc) is 3.21. The first-order valence-corrected chi connectivity index (χ1v) is 9.62. The standard InChI is InChI=1S/C21H30N2O2/c1-16(2)22-20(25)18-14-23(15-21(18)12-6-7-13-21)19(24)11-10-17-8-4-3-5-9-17/h3-5,8-9,16,18H,6-7,10-15H2,1-2H3,(H,22,25). The number of carbonyl (C=O) groups excluding carboxylic acids is 2. The molecule has 1 aliphatic heterocycles. The second-order valence-corrected chi connectivity index (χ2v) is 8.05. The number of nitrogens with zero attached hydrogens (tertiary/aromatic N) is 1. The SMILES string of the molecule is CC(C)NC(=O)C1CN(C(=O)CCc2ccccc2)CC12CCCC2. The van der Waals surface area contributed by atoms with E-state index in [0.29, 0.717) is 13.0 Å². The highest BCUT2D eigenvalue weighted by Crippen LogP contribution is 2.49. The summed E-state index contributed by atoms with van der Waals surface area (Å²) in [5.74, 6) is 0.281. The number of rotatable bonds is 5. The number of hydrogen-bond acceptors (Lipinski definition) is 2. The molecule has 1 unspecified atom stereocenters. The van der Waals surface area contributed by atoms with Crippen molar-refractivity contribution in [2.45, 2.75) is 58.4 Å². The van der Waals surface area contributed by atoms with E-state index >= 15 is 0 Å². The van der Waals surface area contributed by atoms with Crippen LogP contribution in [0.4, 0.5) is 0 Å². The molecular formula is C21H30N2O2. The molecule has 1 atom stereocenters. The highest BCUT2D eigenvalue weighted by Gasteiger charge is 2.52. The zero-order valence-electron chi connectivity index (χ0n) is 15.5. The van der Waals surface area contributed by atoms with Crippen molar-refractivity contribution in [3.8, 4) is 0 Å². The summed E-state index contributed by atoms with van der Waals surface area (Å²) in [7, 11) is 0. The Labute approximate surface area is 151 Å². The third kappa shape index (κ3) is 4.05. The molecular weight excluding hydrogens is 312 g/mol. The summed E-state index contributed by atoms with van der Waals surface area (Å²) >= 11 is 0. The zero-order chi connectivity index (χ0) is 17.9. The van der Waals surface area contributed by atoms with Crippen molar-refractivity contribution in [2.24, 2.45) is 11.3 Å². The molecule has 3 rings (SSSR count). The Morgan fingerprint density at radius 3 is 2.52 bits per heavy atom. The summed E-state index contributed by atoms with van der Waals surface area (Å²) in [5, 5.41) is 3.08. The molecule has 1 aliphatic carbocycles. The van der Waals surface area contributed by atoms with Gasteiger partial charge in [-0.2, -0.15) is 0 Å². The molecule has 1 spiro atoms. The molecule has 25 heavy (non-hydrogen) atoms. The number of amides is 2. The Kier molecular flexibility index (Phi) is 5.45. The molecule has 136 valence electrons. The monoisotopic (exact) mass is 342 g/mol. The van der Waals surface area contributed by atoms with Crippen molar-refractivity contribution in [2.75, 3.05) is 13.1 Å². The zero-order valence-corrected chi connectivity index (χ0v) is 15.5. The third-order valence-corrected chi connectivity index (χ3v) is 5.82. The minimum Gasteiger partial charge on any atom is -0.354 e. The van der Waals surface area contributed by atoms with Crippen molar-refractivity contribution in [1.82, 2.24) is 10.2 Å². The number of hydrogen-bond donors (Lipinski definition) is 1. The Morgan fingerprint density at radius 2 is 1.88 bits per heavy atom. The number of benzene rings is 1. The molecule has 1 saturated heterocycles. The second kappa shape index (κ2) is 7.59. The summed E-state index contributed by atoms with van der Waals surface area (Å²) in [6.45, 7) is 5.34. The van der Waals surface area contributed by atoms with Crippen molar-refractivity contribution >= 4 is 11.8 Å². The van der Waals surface area contributed by atoms with Gasteiger partial charge in [0.2, 0.25) is 11.8 Å². The Morgan fingerprint density at radius 1 is 1.20 bits per heavy atom. The van der Waals surface area contributed by atoms with Crippen LogP contribution in [-0.4, -0.2) is 35.8 Å². The van der Waals surface area contributed by atoms with Crippen LogP contribution in [0.2, 0.25) is 0 Å². The van der Waals surface area contributed by atoms with Crippen molar-refractivity contribution < 1.29 is 9.59 Å². The fourth-order valence-electron chi connectivity index (χ4n) is 4.54. The van der Waals surface area contributed by atoms with E-state index in [1.165, 1.54) is 18.4 Å². The van der Waals surface area contributed by atoms with E-state index in [9.17, 15) is 9.59 Å². The van der Waals surface area contributed by atoms with Crippen LogP contribution >= 0.6 is 0 Å². The smallest absolute Gasteiger partial charge is 0.225 e. The van der Waals surface area contributed by atoms with Crippen LogP contribution in [0.1, 0.15) is 51.5 Å². The van der Waals surface area contributed by atoms with Gasteiger partial charge in [-0.3, -0.25) is 9.59 Å². The van der Waals surface area contributed by atoms with Crippen molar-refractivity contribution in [3.05, 3.63) is 35.9 Å². The summed E-state index contributed by atoms with van der Waals surface area (Å²) < 4.78 is 0. The summed E-state index contributed by atoms with van der Waals surface area (Å²) in [6, 6.07) is 10.3. The van der Waals surface area contributed by atoms with Gasteiger partial charge in [-0.05, 0) is 38.7 Å². The number of likely N-dealkylation sites (tertiary alicyclic amines) is 1. The van der Waals surface area contributed by atoms with Gasteiger partial charge in [0.25, 0.3) is 0 Å². The van der Waals surface area contributed by atoms with Crippen LogP contribution in [0.3, 0.4) is 0 Å². The van der Waals surface area contributed by atoms with Crippen LogP contribution in [-0.2, 0) is 16.0 Å². The van der Waals surface area contributed by atoms with Crippen LogP contribution < -0.4 is 5.32 Å². The molecule has 2 fully saturated rings. The molecule has 4 heteroatoms. The van der Waals surface area contributed by atoms with E-state index in [1.54, 1.807) is 0 Å². The van der Waals surface area contributed by atoms with E-state index in [-0.39, 0.29) is 29.2 Å². The molecule has 2 amide bonds. The Balaban J connectivity index is 1.64. The van der Waals surface area contributed by atoms with Gasteiger partial charge in [-0.1, -0.05) is 43.2 Å². The van der Waals surface area contributed by atoms with E-state index in [4.69, 9.17) is 0 Å². The number of aryl methyl sites for hydroxylation is 1. The molecule has 1 N–H and O–H groups in total. The van der Waals surface area contributed by atoms with Gasteiger partial charge in [-0.25, -0.2) is 0 Å². The lowest BCUT2D eigenvalue weighted by Gasteiger charge is -2.29. The Bertz CT molecular complexity index is 606. The molecule has 0 bridgehead atoms. The minimum atomic E-state index is -0.0434. The van der Waals surface area contributed by atoms with Gasteiger partial charge in [0.1, 0.15) is 0 Å². The fourth-order valence-corrected chi connectivity index (χ4v) is 4.54. The predicted octanol–water partition coefficient (Wildman–Crippen LogP) is 3.16. The normalized spacial score (nSPS) is 21.9. The van der Waals surface area contributed by atoms with Gasteiger partial charge in [0.05, 0.1) is 5.92 Å². The summed E-state index contributed by atoms with van der Waals surface area (Å²) in [4.78, 5) is 27.4. The van der Waals surface area contributed by atoms with E-state index in [2.05, 4.69) is 17.4 Å². The first kappa shape index (κ1) is 18.0. The molecule has 1 aromatic carbocycles. The second-order valence-electron chi connectivity index (χ2n) is 8.05. The first-order chi connectivity index (χ1) is 12.0. The van der Waals surface area contributed by atoms with Gasteiger partial charge >= 0.3 is 0 Å². The van der Waals surface area contributed by atoms with Crippen LogP contribution in [0.25, 0.3) is 0 Å². The van der Waals surface area contributed by atoms with Gasteiger partial charge in [-0.15, -0.1) is 0 Å². The first-order valence-electron chi connectivity index (χ1n) is 9.62. The minimum absolute atomic E-state index is 0.0153. The van der Waals surface area contributed by atoms with Gasteiger partial charge < -0.3 is 10.2 Å². The summed E-state index contributed by atoms with van der Waals surface area (Å²) in [6.07, 6.45) is 5.80. The summed E-state index contributed by atoms with van der Waals surface area (Å²) in [5.41, 5.74) is 1.21. The Hall–Kier alpha value is -1.84. The molecule has 1 aromatic rings. The fraction of sp³-hybridized carbons (Fsp3) is 0.619. The van der Waals surface area contributed by atoms with E-state index in [1.807, 2.05) is 36.9 Å². The molecule has 0 aromatic heterocycles. The third-order valence-electron chi connectivity index (χ3n) is 5.82. The molecule has 4 nitrogen and oxygen atoms in total. The van der Waals surface area contributed by atoms with Gasteiger partial charge in [0, 0.05) is 31.0 Å². The quantitative estimate of drug-likeness (QED) is 0.893. The average molecular weight is 342 g/mol. The lowest BCUT2D eigenvalue weighted by Crippen LogP contribution is -2.42. The van der Waals surface area contributed by atoms with Gasteiger partial charge in [0.15, 0.2) is 0 Å². The van der Waals surface area contributed by atoms with E-state index in [0.717, 1.165) is 25.8 Å². The number of carbonyl (C=O) groups is 2. The van der Waals surface area contributed by atoms with Crippen molar-refractivity contribution in [3.63, 3.8) is 0 Å². The van der Waals surface area contributed by atoms with Crippen LogP contribution in [0.5, 0.6) is 0 Å². The predicted molar refractivity (Wildman–Crippen MR) is 99.0 cm³/mol.